The Hall–Kier alpha value is -4.04. The van der Waals surface area contributed by atoms with Crippen molar-refractivity contribution in [2.75, 3.05) is 5.32 Å². The minimum absolute atomic E-state index is 0.333. The predicted octanol–water partition coefficient (Wildman–Crippen LogP) is 2.41. The standard InChI is InChI=1S/C22H20FN5O5/c1-5-16-18(31-12(3)29)19(32-13(4)30)22(33-16)28-10-26-17-20(24-9-25-21(17)28)27-15-8-6-7-14(23)11(15)2/h1,6-10,16,18-19,22H,2-4H3,(H,24,25,27)/t16-,18+,19-,22-/m1/s1. The first-order chi connectivity index (χ1) is 15.8. The van der Waals surface area contributed by atoms with Crippen molar-refractivity contribution in [3.63, 3.8) is 0 Å². The van der Waals surface area contributed by atoms with Crippen LogP contribution in [0, 0.1) is 25.1 Å². The number of aromatic nitrogens is 4. The molecule has 0 unspecified atom stereocenters. The molecule has 2 aromatic heterocycles. The SMILES string of the molecule is C#C[C@H]1O[C@@H](n2cnc3c(Nc4cccc(F)c4C)ncnc32)[C@H](OC(C)=O)[C@H]1OC(C)=O. The van der Waals surface area contributed by atoms with E-state index >= 15 is 0 Å². The molecule has 1 aliphatic rings. The molecule has 0 radical (unpaired) electrons. The Labute approximate surface area is 188 Å². The van der Waals surface area contributed by atoms with Crippen LogP contribution in [0.3, 0.4) is 0 Å². The van der Waals surface area contributed by atoms with Crippen LogP contribution in [-0.4, -0.2) is 49.8 Å². The van der Waals surface area contributed by atoms with Crippen LogP contribution in [0.5, 0.6) is 0 Å². The minimum atomic E-state index is -1.04. The summed E-state index contributed by atoms with van der Waals surface area (Å²) >= 11 is 0. The minimum Gasteiger partial charge on any atom is -0.455 e. The number of halogens is 1. The Morgan fingerprint density at radius 1 is 1.18 bits per heavy atom. The second-order valence-corrected chi connectivity index (χ2v) is 7.35. The van der Waals surface area contributed by atoms with Gasteiger partial charge >= 0.3 is 11.9 Å². The Morgan fingerprint density at radius 2 is 1.91 bits per heavy atom. The van der Waals surface area contributed by atoms with Crippen molar-refractivity contribution in [1.29, 1.82) is 0 Å². The van der Waals surface area contributed by atoms with Crippen LogP contribution >= 0.6 is 0 Å². The molecule has 4 atom stereocenters. The van der Waals surface area contributed by atoms with Gasteiger partial charge in [-0.25, -0.2) is 19.3 Å². The van der Waals surface area contributed by atoms with Gasteiger partial charge < -0.3 is 19.5 Å². The normalized spacial score (nSPS) is 22.0. The van der Waals surface area contributed by atoms with E-state index in [0.29, 0.717) is 28.2 Å². The molecule has 1 N–H and O–H groups in total. The zero-order valence-corrected chi connectivity index (χ0v) is 18.0. The highest BCUT2D eigenvalue weighted by Crippen LogP contribution is 2.36. The van der Waals surface area contributed by atoms with Crippen molar-refractivity contribution in [2.24, 2.45) is 0 Å². The van der Waals surface area contributed by atoms with Crippen LogP contribution in [0.15, 0.2) is 30.9 Å². The van der Waals surface area contributed by atoms with Gasteiger partial charge in [0.15, 0.2) is 41.5 Å². The molecule has 0 saturated carbocycles. The Morgan fingerprint density at radius 3 is 2.61 bits per heavy atom. The number of imidazole rings is 1. The number of hydrogen-bond acceptors (Lipinski definition) is 9. The van der Waals surface area contributed by atoms with Crippen molar-refractivity contribution in [3.8, 4) is 12.3 Å². The summed E-state index contributed by atoms with van der Waals surface area (Å²) < 4.78 is 32.1. The summed E-state index contributed by atoms with van der Waals surface area (Å²) in [5.41, 5.74) is 1.63. The Balaban J connectivity index is 1.74. The topological polar surface area (TPSA) is 117 Å². The van der Waals surface area contributed by atoms with E-state index in [-0.39, 0.29) is 5.82 Å². The number of ether oxygens (including phenoxy) is 3. The second kappa shape index (κ2) is 8.84. The quantitative estimate of drug-likeness (QED) is 0.459. The molecule has 170 valence electrons. The van der Waals surface area contributed by atoms with E-state index in [1.165, 1.54) is 37.1 Å². The van der Waals surface area contributed by atoms with Crippen molar-refractivity contribution in [3.05, 3.63) is 42.2 Å². The van der Waals surface area contributed by atoms with Gasteiger partial charge in [0, 0.05) is 25.1 Å². The molecule has 3 aromatic rings. The van der Waals surface area contributed by atoms with E-state index in [1.54, 1.807) is 19.1 Å². The van der Waals surface area contributed by atoms with Crippen LogP contribution in [0.1, 0.15) is 25.6 Å². The molecule has 0 spiro atoms. The molecule has 1 fully saturated rings. The van der Waals surface area contributed by atoms with Gasteiger partial charge in [-0.3, -0.25) is 14.2 Å². The largest absolute Gasteiger partial charge is 0.455 e. The van der Waals surface area contributed by atoms with E-state index in [4.69, 9.17) is 20.6 Å². The lowest BCUT2D eigenvalue weighted by atomic mass is 10.1. The average Bonchev–Trinajstić information content (AvgIpc) is 3.33. The molecule has 3 heterocycles. The molecular weight excluding hydrogens is 433 g/mol. The molecule has 10 nitrogen and oxygen atoms in total. The van der Waals surface area contributed by atoms with Gasteiger partial charge in [0.1, 0.15) is 12.1 Å². The lowest BCUT2D eigenvalue weighted by Crippen LogP contribution is -2.38. The molecule has 11 heteroatoms. The summed E-state index contributed by atoms with van der Waals surface area (Å²) in [5, 5.41) is 3.06. The third-order valence-electron chi connectivity index (χ3n) is 5.11. The fourth-order valence-electron chi connectivity index (χ4n) is 3.64. The molecule has 33 heavy (non-hydrogen) atoms. The molecule has 0 amide bonds. The van der Waals surface area contributed by atoms with Crippen LogP contribution in [0.2, 0.25) is 0 Å². The van der Waals surface area contributed by atoms with E-state index < -0.39 is 36.5 Å². The van der Waals surface area contributed by atoms with Crippen LogP contribution < -0.4 is 5.32 Å². The Bertz CT molecular complexity index is 1270. The molecule has 1 aliphatic heterocycles. The number of esters is 2. The maximum Gasteiger partial charge on any atom is 0.303 e. The monoisotopic (exact) mass is 453 g/mol. The van der Waals surface area contributed by atoms with Crippen molar-refractivity contribution < 1.29 is 28.2 Å². The number of terminal acetylenes is 1. The van der Waals surface area contributed by atoms with E-state index in [2.05, 4.69) is 26.2 Å². The van der Waals surface area contributed by atoms with Crippen LogP contribution in [0.25, 0.3) is 11.2 Å². The summed E-state index contributed by atoms with van der Waals surface area (Å²) in [7, 11) is 0. The first-order valence-electron chi connectivity index (χ1n) is 9.96. The zero-order valence-electron chi connectivity index (χ0n) is 18.0. The molecule has 4 rings (SSSR count). The molecule has 1 aromatic carbocycles. The first-order valence-corrected chi connectivity index (χ1v) is 9.96. The highest BCUT2D eigenvalue weighted by Gasteiger charge is 2.50. The van der Waals surface area contributed by atoms with Gasteiger partial charge in [0.2, 0.25) is 0 Å². The summed E-state index contributed by atoms with van der Waals surface area (Å²) in [4.78, 5) is 36.2. The van der Waals surface area contributed by atoms with Gasteiger partial charge in [-0.1, -0.05) is 12.0 Å². The van der Waals surface area contributed by atoms with Crippen molar-refractivity contribution >= 4 is 34.6 Å². The second-order valence-electron chi connectivity index (χ2n) is 7.35. The zero-order chi connectivity index (χ0) is 23.7. The number of rotatable bonds is 5. The van der Waals surface area contributed by atoms with E-state index in [1.807, 2.05) is 0 Å². The molecular formula is C22H20FN5O5. The molecule has 1 saturated heterocycles. The van der Waals surface area contributed by atoms with E-state index in [0.717, 1.165) is 0 Å². The molecule has 0 bridgehead atoms. The Kier molecular flexibility index (Phi) is 5.93. The van der Waals surface area contributed by atoms with Gasteiger partial charge in [-0.15, -0.1) is 6.42 Å². The lowest BCUT2D eigenvalue weighted by molar-refractivity contribution is -0.165. The van der Waals surface area contributed by atoms with E-state index in [9.17, 15) is 14.0 Å². The number of benzene rings is 1. The lowest BCUT2D eigenvalue weighted by Gasteiger charge is -2.23. The summed E-state index contributed by atoms with van der Waals surface area (Å²) in [5.74, 6) is 1.18. The number of hydrogen-bond donors (Lipinski definition) is 1. The first kappa shape index (κ1) is 22.2. The summed E-state index contributed by atoms with van der Waals surface area (Å²) in [6.45, 7) is 4.08. The fraction of sp³-hybridized carbons (Fsp3) is 0.318. The maximum absolute atomic E-state index is 13.9. The van der Waals surface area contributed by atoms with Gasteiger partial charge in [-0.2, -0.15) is 0 Å². The van der Waals surface area contributed by atoms with Crippen molar-refractivity contribution in [1.82, 2.24) is 19.5 Å². The summed E-state index contributed by atoms with van der Waals surface area (Å²) in [6, 6.07) is 4.65. The third-order valence-corrected chi connectivity index (χ3v) is 5.11. The average molecular weight is 453 g/mol. The number of nitrogens with zero attached hydrogens (tertiary/aromatic N) is 4. The number of anilines is 2. The fourth-order valence-corrected chi connectivity index (χ4v) is 3.64. The predicted molar refractivity (Wildman–Crippen MR) is 114 cm³/mol. The highest BCUT2D eigenvalue weighted by atomic mass is 19.1. The molecule has 0 aliphatic carbocycles. The summed E-state index contributed by atoms with van der Waals surface area (Å²) in [6.07, 6.45) is 4.29. The number of fused-ring (bicyclic) bond motifs is 1. The van der Waals surface area contributed by atoms with Crippen molar-refractivity contribution in [2.45, 2.75) is 45.3 Å². The van der Waals surface area contributed by atoms with Gasteiger partial charge in [0.25, 0.3) is 0 Å². The van der Waals surface area contributed by atoms with Gasteiger partial charge in [-0.05, 0) is 19.1 Å². The number of nitrogens with one attached hydrogen (secondary N) is 1. The highest BCUT2D eigenvalue weighted by molar-refractivity contribution is 5.85. The van der Waals surface area contributed by atoms with Crippen LogP contribution in [-0.2, 0) is 23.8 Å². The number of carbonyl (C=O) groups excluding carboxylic acids is 2. The van der Waals surface area contributed by atoms with Crippen LogP contribution in [0.4, 0.5) is 15.9 Å². The number of carbonyl (C=O) groups is 2. The van der Waals surface area contributed by atoms with Gasteiger partial charge in [0.05, 0.1) is 6.33 Å². The maximum atomic E-state index is 13.9. The third kappa shape index (κ3) is 4.20. The smallest absolute Gasteiger partial charge is 0.303 e.